The summed E-state index contributed by atoms with van der Waals surface area (Å²) in [4.78, 5) is 15.4. The van der Waals surface area contributed by atoms with E-state index in [1.807, 2.05) is 6.92 Å². The van der Waals surface area contributed by atoms with Crippen LogP contribution in [0.15, 0.2) is 30.3 Å². The molecule has 0 aliphatic carbocycles. The number of nitrogens with one attached hydrogen (secondary N) is 1. The molecule has 3 saturated heterocycles. The van der Waals surface area contributed by atoms with E-state index in [2.05, 4.69) is 68.2 Å². The number of fused-ring (bicyclic) bond motifs is 4. The zero-order valence-electron chi connectivity index (χ0n) is 21.6. The maximum atomic E-state index is 13.0. The standard InChI is InChI=1S/C29H38N2O4/c1-6-33-26-18(2)13-22(14-19(26)3)21-7-8-23-24(15-21)34-17-29(4,5)27(23)30-28(32)35-25-16-31-11-9-20(25)10-12-31/h7-8,13-15,20,25,27H,6,9-12,16-17H2,1-5H3,(H,30,32)/t25-,27?/m1/s1. The molecule has 6 nitrogen and oxygen atoms in total. The van der Waals surface area contributed by atoms with E-state index < -0.39 is 0 Å². The predicted octanol–water partition coefficient (Wildman–Crippen LogP) is 5.65. The number of amides is 1. The van der Waals surface area contributed by atoms with Crippen LogP contribution in [0.3, 0.4) is 0 Å². The molecule has 1 amide bonds. The lowest BCUT2D eigenvalue weighted by atomic mass is 9.78. The van der Waals surface area contributed by atoms with Crippen molar-refractivity contribution in [1.82, 2.24) is 10.2 Å². The van der Waals surface area contributed by atoms with E-state index in [1.165, 1.54) is 0 Å². The van der Waals surface area contributed by atoms with Crippen molar-refractivity contribution >= 4 is 6.09 Å². The minimum Gasteiger partial charge on any atom is -0.493 e. The van der Waals surface area contributed by atoms with E-state index in [4.69, 9.17) is 14.2 Å². The molecule has 4 heterocycles. The highest BCUT2D eigenvalue weighted by Gasteiger charge is 2.41. The molecule has 0 aromatic heterocycles. The summed E-state index contributed by atoms with van der Waals surface area (Å²) < 4.78 is 18.0. The third kappa shape index (κ3) is 4.73. The third-order valence-corrected chi connectivity index (χ3v) is 7.90. The van der Waals surface area contributed by atoms with Crippen LogP contribution in [0.4, 0.5) is 4.79 Å². The zero-order valence-corrected chi connectivity index (χ0v) is 21.6. The van der Waals surface area contributed by atoms with Crippen molar-refractivity contribution in [2.24, 2.45) is 11.3 Å². The molecule has 2 atom stereocenters. The van der Waals surface area contributed by atoms with Gasteiger partial charge in [0.25, 0.3) is 0 Å². The normalized spacial score (nSPS) is 26.4. The zero-order chi connectivity index (χ0) is 24.7. The van der Waals surface area contributed by atoms with E-state index in [-0.39, 0.29) is 23.7 Å². The van der Waals surface area contributed by atoms with E-state index >= 15 is 0 Å². The van der Waals surface area contributed by atoms with Crippen LogP contribution in [0.25, 0.3) is 11.1 Å². The van der Waals surface area contributed by atoms with Gasteiger partial charge in [0.15, 0.2) is 0 Å². The third-order valence-electron chi connectivity index (χ3n) is 7.90. The van der Waals surface area contributed by atoms with E-state index in [9.17, 15) is 4.79 Å². The van der Waals surface area contributed by atoms with Gasteiger partial charge in [-0.1, -0.05) is 26.0 Å². The largest absolute Gasteiger partial charge is 0.493 e. The summed E-state index contributed by atoms with van der Waals surface area (Å²) in [6, 6.07) is 10.4. The Balaban J connectivity index is 1.36. The molecule has 1 N–H and O–H groups in total. The number of carbonyl (C=O) groups is 1. The van der Waals surface area contributed by atoms with Gasteiger partial charge in [-0.2, -0.15) is 0 Å². The fourth-order valence-corrected chi connectivity index (χ4v) is 5.94. The Bertz CT molecular complexity index is 1080. The van der Waals surface area contributed by atoms with Crippen molar-refractivity contribution in [3.05, 3.63) is 47.0 Å². The molecule has 4 aliphatic rings. The van der Waals surface area contributed by atoms with Gasteiger partial charge in [-0.15, -0.1) is 0 Å². The van der Waals surface area contributed by atoms with Crippen molar-refractivity contribution in [3.8, 4) is 22.6 Å². The molecule has 188 valence electrons. The van der Waals surface area contributed by atoms with Gasteiger partial charge in [0.05, 0.1) is 19.3 Å². The molecule has 2 aromatic rings. The molecule has 0 radical (unpaired) electrons. The Labute approximate surface area is 208 Å². The van der Waals surface area contributed by atoms with Crippen LogP contribution >= 0.6 is 0 Å². The molecule has 0 saturated carbocycles. The maximum Gasteiger partial charge on any atom is 0.407 e. The fraction of sp³-hybridized carbons (Fsp3) is 0.552. The molecule has 2 bridgehead atoms. The van der Waals surface area contributed by atoms with Crippen molar-refractivity contribution in [2.75, 3.05) is 32.8 Å². The number of benzene rings is 2. The van der Waals surface area contributed by atoms with Gasteiger partial charge < -0.3 is 19.5 Å². The number of carbonyl (C=O) groups excluding carboxylic acids is 1. The number of rotatable bonds is 5. The predicted molar refractivity (Wildman–Crippen MR) is 137 cm³/mol. The minimum absolute atomic E-state index is 0.00608. The number of hydrogen-bond donors (Lipinski definition) is 1. The summed E-state index contributed by atoms with van der Waals surface area (Å²) >= 11 is 0. The molecule has 6 heteroatoms. The summed E-state index contributed by atoms with van der Waals surface area (Å²) in [7, 11) is 0. The van der Waals surface area contributed by atoms with Crippen molar-refractivity contribution in [1.29, 1.82) is 0 Å². The highest BCUT2D eigenvalue weighted by molar-refractivity contribution is 5.71. The first-order valence-corrected chi connectivity index (χ1v) is 13.0. The molecule has 2 aromatic carbocycles. The molecule has 3 fully saturated rings. The van der Waals surface area contributed by atoms with Crippen LogP contribution in [0.2, 0.25) is 0 Å². The SMILES string of the molecule is CCOc1c(C)cc(-c2ccc3c(c2)OCC(C)(C)C3NC(=O)O[C@@H]2CN3CCC2CC3)cc1C. The average molecular weight is 479 g/mol. The first-order valence-electron chi connectivity index (χ1n) is 13.0. The van der Waals surface area contributed by atoms with Crippen molar-refractivity contribution in [3.63, 3.8) is 0 Å². The van der Waals surface area contributed by atoms with Gasteiger partial charge >= 0.3 is 6.09 Å². The van der Waals surface area contributed by atoms with Crippen molar-refractivity contribution < 1.29 is 19.0 Å². The summed E-state index contributed by atoms with van der Waals surface area (Å²) in [5, 5.41) is 3.19. The van der Waals surface area contributed by atoms with Crippen LogP contribution in [0.1, 0.15) is 56.3 Å². The second-order valence-corrected chi connectivity index (χ2v) is 11.1. The Hall–Kier alpha value is -2.73. The number of alkyl carbamates (subject to hydrolysis) is 1. The average Bonchev–Trinajstić information content (AvgIpc) is 2.83. The number of nitrogens with zero attached hydrogens (tertiary/aromatic N) is 1. The van der Waals surface area contributed by atoms with Crippen molar-refractivity contribution in [2.45, 2.75) is 59.6 Å². The maximum absolute atomic E-state index is 13.0. The molecule has 0 spiro atoms. The van der Waals surface area contributed by atoms with Gasteiger partial charge in [0.2, 0.25) is 0 Å². The first-order chi connectivity index (χ1) is 16.7. The Kier molecular flexibility index (Phi) is 6.43. The monoisotopic (exact) mass is 478 g/mol. The fourth-order valence-electron chi connectivity index (χ4n) is 5.94. The van der Waals surface area contributed by atoms with Gasteiger partial charge in [-0.25, -0.2) is 4.79 Å². The summed E-state index contributed by atoms with van der Waals surface area (Å²) in [5.41, 5.74) is 5.20. The van der Waals surface area contributed by atoms with Gasteiger partial charge in [-0.05, 0) is 93.1 Å². The topological polar surface area (TPSA) is 60.0 Å². The van der Waals surface area contributed by atoms with Gasteiger partial charge in [0.1, 0.15) is 17.6 Å². The number of piperidine rings is 3. The number of hydrogen-bond acceptors (Lipinski definition) is 5. The molecule has 4 aliphatic heterocycles. The molecule has 6 rings (SSSR count). The lowest BCUT2D eigenvalue weighted by molar-refractivity contribution is -0.0361. The highest BCUT2D eigenvalue weighted by atomic mass is 16.6. The summed E-state index contributed by atoms with van der Waals surface area (Å²) in [6.45, 7) is 14.7. The van der Waals surface area contributed by atoms with E-state index in [1.54, 1.807) is 0 Å². The molecule has 35 heavy (non-hydrogen) atoms. The van der Waals surface area contributed by atoms with E-state index in [0.717, 1.165) is 71.8 Å². The van der Waals surface area contributed by atoms with Gasteiger partial charge in [-0.3, -0.25) is 4.90 Å². The second kappa shape index (κ2) is 9.38. The Morgan fingerprint density at radius 2 is 1.83 bits per heavy atom. The van der Waals surface area contributed by atoms with Crippen LogP contribution in [0.5, 0.6) is 11.5 Å². The molecular weight excluding hydrogens is 440 g/mol. The summed E-state index contributed by atoms with van der Waals surface area (Å²) in [6.07, 6.45) is 1.91. The van der Waals surface area contributed by atoms with Crippen LogP contribution in [0, 0.1) is 25.2 Å². The molecule has 1 unspecified atom stereocenters. The van der Waals surface area contributed by atoms with Crippen LogP contribution in [-0.2, 0) is 4.74 Å². The number of ether oxygens (including phenoxy) is 3. The number of aryl methyl sites for hydroxylation is 2. The minimum atomic E-state index is -0.323. The van der Waals surface area contributed by atoms with Gasteiger partial charge in [0, 0.05) is 17.5 Å². The van der Waals surface area contributed by atoms with E-state index in [0.29, 0.717) is 19.1 Å². The Morgan fingerprint density at radius 3 is 2.46 bits per heavy atom. The Morgan fingerprint density at radius 1 is 1.11 bits per heavy atom. The lowest BCUT2D eigenvalue weighted by Crippen LogP contribution is -2.53. The smallest absolute Gasteiger partial charge is 0.407 e. The second-order valence-electron chi connectivity index (χ2n) is 11.1. The molecular formula is C29H38N2O4. The lowest BCUT2D eigenvalue weighted by Gasteiger charge is -2.44. The quantitative estimate of drug-likeness (QED) is 0.602. The first kappa shape index (κ1) is 24.0. The summed E-state index contributed by atoms with van der Waals surface area (Å²) in [5.74, 6) is 2.27. The highest BCUT2D eigenvalue weighted by Crippen LogP contribution is 2.44. The van der Waals surface area contributed by atoms with Crippen LogP contribution < -0.4 is 14.8 Å². The van der Waals surface area contributed by atoms with Crippen LogP contribution in [-0.4, -0.2) is 49.9 Å².